The van der Waals surface area contributed by atoms with E-state index in [0.717, 1.165) is 12.0 Å². The van der Waals surface area contributed by atoms with Gasteiger partial charge in [0.05, 0.1) is 9.83 Å². The molecular formula is C22H21N3O4S2. The largest absolute Gasteiger partial charge is 0.326 e. The summed E-state index contributed by atoms with van der Waals surface area (Å²) in [5.74, 6) is -0.379. The summed E-state index contributed by atoms with van der Waals surface area (Å²) < 4.78 is 0.484. The summed E-state index contributed by atoms with van der Waals surface area (Å²) in [6.07, 6.45) is 3.44. The number of nitro groups is 1. The molecule has 1 saturated heterocycles. The van der Waals surface area contributed by atoms with Gasteiger partial charge in [-0.1, -0.05) is 55.2 Å². The number of carbonyl (C=O) groups excluding carboxylic acids is 2. The highest BCUT2D eigenvalue weighted by atomic mass is 32.2. The van der Waals surface area contributed by atoms with Crippen molar-refractivity contribution in [2.24, 2.45) is 0 Å². The lowest BCUT2D eigenvalue weighted by Gasteiger charge is -2.14. The second-order valence-electron chi connectivity index (χ2n) is 6.88. The minimum Gasteiger partial charge on any atom is -0.326 e. The number of non-ortho nitro benzene ring substituents is 1. The highest BCUT2D eigenvalue weighted by Crippen LogP contribution is 2.32. The van der Waals surface area contributed by atoms with Crippen LogP contribution in [0, 0.1) is 10.1 Å². The zero-order chi connectivity index (χ0) is 22.4. The molecule has 7 nitrogen and oxygen atoms in total. The molecular weight excluding hydrogens is 434 g/mol. The molecule has 0 atom stereocenters. The van der Waals surface area contributed by atoms with Crippen LogP contribution in [0.2, 0.25) is 0 Å². The Morgan fingerprint density at radius 1 is 1.19 bits per heavy atom. The topological polar surface area (TPSA) is 92.6 Å². The van der Waals surface area contributed by atoms with E-state index in [4.69, 9.17) is 12.2 Å². The summed E-state index contributed by atoms with van der Waals surface area (Å²) in [6, 6.07) is 13.7. The predicted octanol–water partition coefficient (Wildman–Crippen LogP) is 4.78. The molecule has 0 bridgehead atoms. The van der Waals surface area contributed by atoms with Crippen LogP contribution in [0.4, 0.5) is 11.4 Å². The molecule has 0 radical (unpaired) electrons. The van der Waals surface area contributed by atoms with E-state index in [1.807, 2.05) is 30.3 Å². The van der Waals surface area contributed by atoms with E-state index in [1.54, 1.807) is 0 Å². The van der Waals surface area contributed by atoms with Crippen molar-refractivity contribution in [1.29, 1.82) is 0 Å². The maximum absolute atomic E-state index is 12.7. The molecule has 1 fully saturated rings. The number of amides is 2. The molecule has 31 heavy (non-hydrogen) atoms. The number of nitro benzene ring substituents is 1. The molecule has 2 aromatic carbocycles. The van der Waals surface area contributed by atoms with Crippen molar-refractivity contribution in [3.63, 3.8) is 0 Å². The number of carbonyl (C=O) groups is 2. The Kier molecular flexibility index (Phi) is 7.54. The molecule has 1 N–H and O–H groups in total. The van der Waals surface area contributed by atoms with Crippen LogP contribution in [0.1, 0.15) is 30.9 Å². The maximum Gasteiger partial charge on any atom is 0.269 e. The van der Waals surface area contributed by atoms with Crippen LogP contribution in [-0.4, -0.2) is 32.5 Å². The fraction of sp³-hybridized carbons (Fsp3) is 0.227. The van der Waals surface area contributed by atoms with Gasteiger partial charge in [0.2, 0.25) is 5.91 Å². The summed E-state index contributed by atoms with van der Waals surface area (Å²) in [4.78, 5) is 37.1. The molecule has 1 aliphatic heterocycles. The maximum atomic E-state index is 12.7. The van der Waals surface area contributed by atoms with E-state index in [2.05, 4.69) is 12.2 Å². The van der Waals surface area contributed by atoms with Crippen molar-refractivity contribution in [3.05, 3.63) is 74.7 Å². The SMILES string of the molecule is CCc1ccc(/C=C2\SC(=S)N(CCCC(=O)Nc3ccc([N+](=O)[O-])cc3)C2=O)cc1. The molecule has 1 heterocycles. The van der Waals surface area contributed by atoms with Gasteiger partial charge in [-0.25, -0.2) is 0 Å². The lowest BCUT2D eigenvalue weighted by molar-refractivity contribution is -0.384. The molecule has 0 aliphatic carbocycles. The first kappa shape index (κ1) is 22.6. The van der Waals surface area contributed by atoms with Gasteiger partial charge < -0.3 is 5.32 Å². The number of hydrogen-bond donors (Lipinski definition) is 1. The molecule has 2 amide bonds. The number of nitrogens with one attached hydrogen (secondary N) is 1. The molecule has 0 unspecified atom stereocenters. The second kappa shape index (κ2) is 10.3. The van der Waals surface area contributed by atoms with Crippen molar-refractivity contribution in [2.75, 3.05) is 11.9 Å². The summed E-state index contributed by atoms with van der Waals surface area (Å²) in [5, 5.41) is 13.4. The number of hydrogen-bond acceptors (Lipinski definition) is 6. The monoisotopic (exact) mass is 455 g/mol. The van der Waals surface area contributed by atoms with Gasteiger partial charge in [-0.3, -0.25) is 24.6 Å². The van der Waals surface area contributed by atoms with E-state index >= 15 is 0 Å². The third kappa shape index (κ3) is 5.99. The molecule has 0 aromatic heterocycles. The van der Waals surface area contributed by atoms with Crippen LogP contribution < -0.4 is 5.32 Å². The number of aryl methyl sites for hydroxylation is 1. The Morgan fingerprint density at radius 2 is 1.87 bits per heavy atom. The quantitative estimate of drug-likeness (QED) is 0.267. The normalized spacial score (nSPS) is 14.9. The lowest BCUT2D eigenvalue weighted by Crippen LogP contribution is -2.29. The van der Waals surface area contributed by atoms with Crippen LogP contribution in [0.5, 0.6) is 0 Å². The van der Waals surface area contributed by atoms with Crippen molar-refractivity contribution >= 4 is 57.6 Å². The fourth-order valence-electron chi connectivity index (χ4n) is 2.98. The first-order chi connectivity index (χ1) is 14.9. The minimum absolute atomic E-state index is 0.0401. The number of rotatable bonds is 8. The first-order valence-corrected chi connectivity index (χ1v) is 11.0. The molecule has 160 valence electrons. The van der Waals surface area contributed by atoms with Crippen LogP contribution in [0.3, 0.4) is 0 Å². The van der Waals surface area contributed by atoms with E-state index in [-0.39, 0.29) is 23.9 Å². The Labute approximate surface area is 189 Å². The van der Waals surface area contributed by atoms with Gasteiger partial charge >= 0.3 is 0 Å². The highest BCUT2D eigenvalue weighted by Gasteiger charge is 2.31. The predicted molar refractivity (Wildman–Crippen MR) is 127 cm³/mol. The molecule has 9 heteroatoms. The van der Waals surface area contributed by atoms with Gasteiger partial charge in [-0.2, -0.15) is 0 Å². The number of thiocarbonyl (C=S) groups is 1. The zero-order valence-electron chi connectivity index (χ0n) is 16.9. The molecule has 2 aromatic rings. The molecule has 0 saturated carbocycles. The van der Waals surface area contributed by atoms with Gasteiger partial charge in [-0.15, -0.1) is 0 Å². The smallest absolute Gasteiger partial charge is 0.269 e. The Hall–Kier alpha value is -3.04. The van der Waals surface area contributed by atoms with Crippen LogP contribution in [0.25, 0.3) is 6.08 Å². The minimum atomic E-state index is -0.498. The number of benzene rings is 2. The molecule has 3 rings (SSSR count). The average molecular weight is 456 g/mol. The average Bonchev–Trinajstić information content (AvgIpc) is 3.02. The molecule has 1 aliphatic rings. The number of nitrogens with zero attached hydrogens (tertiary/aromatic N) is 2. The van der Waals surface area contributed by atoms with Gasteiger partial charge in [0.1, 0.15) is 4.32 Å². The fourth-order valence-corrected chi connectivity index (χ4v) is 4.29. The van der Waals surface area contributed by atoms with Gasteiger partial charge in [0, 0.05) is 30.8 Å². The van der Waals surface area contributed by atoms with E-state index in [1.165, 1.54) is 46.5 Å². The Morgan fingerprint density at radius 3 is 2.48 bits per heavy atom. The van der Waals surface area contributed by atoms with Crippen molar-refractivity contribution in [3.8, 4) is 0 Å². The highest BCUT2D eigenvalue weighted by molar-refractivity contribution is 8.26. The summed E-state index contributed by atoms with van der Waals surface area (Å²) in [5.41, 5.74) is 2.62. The number of thioether (sulfide) groups is 1. The first-order valence-electron chi connectivity index (χ1n) is 9.76. The van der Waals surface area contributed by atoms with Crippen LogP contribution in [0.15, 0.2) is 53.4 Å². The van der Waals surface area contributed by atoms with Crippen molar-refractivity contribution in [2.45, 2.75) is 26.2 Å². The lowest BCUT2D eigenvalue weighted by atomic mass is 10.1. The third-order valence-corrected chi connectivity index (χ3v) is 6.08. The molecule has 0 spiro atoms. The second-order valence-corrected chi connectivity index (χ2v) is 8.56. The summed E-state index contributed by atoms with van der Waals surface area (Å²) in [7, 11) is 0. The van der Waals surface area contributed by atoms with Gasteiger partial charge in [0.25, 0.3) is 11.6 Å². The Bertz CT molecular complexity index is 1030. The van der Waals surface area contributed by atoms with Gasteiger partial charge in [0.15, 0.2) is 0 Å². The van der Waals surface area contributed by atoms with Crippen LogP contribution in [-0.2, 0) is 16.0 Å². The van der Waals surface area contributed by atoms with E-state index < -0.39 is 4.92 Å². The zero-order valence-corrected chi connectivity index (χ0v) is 18.5. The Balaban J connectivity index is 1.51. The van der Waals surface area contributed by atoms with Gasteiger partial charge in [-0.05, 0) is 42.2 Å². The summed E-state index contributed by atoms with van der Waals surface area (Å²) >= 11 is 6.60. The van der Waals surface area contributed by atoms with Crippen molar-refractivity contribution < 1.29 is 14.5 Å². The van der Waals surface area contributed by atoms with E-state index in [9.17, 15) is 19.7 Å². The van der Waals surface area contributed by atoms with Crippen LogP contribution >= 0.6 is 24.0 Å². The third-order valence-electron chi connectivity index (χ3n) is 4.71. The number of anilines is 1. The van der Waals surface area contributed by atoms with Crippen molar-refractivity contribution in [1.82, 2.24) is 4.90 Å². The summed E-state index contributed by atoms with van der Waals surface area (Å²) in [6.45, 7) is 2.44. The standard InChI is InChI=1S/C22H21N3O4S2/c1-2-15-5-7-16(8-6-15)14-19-21(27)24(22(30)31-19)13-3-4-20(26)23-17-9-11-18(12-10-17)25(28)29/h5-12,14H,2-4,13H2,1H3,(H,23,26)/b19-14-. The van der Waals surface area contributed by atoms with E-state index in [0.29, 0.717) is 27.9 Å².